The van der Waals surface area contributed by atoms with Crippen molar-refractivity contribution in [2.24, 2.45) is 0 Å². The molecule has 1 atom stereocenters. The highest BCUT2D eigenvalue weighted by atomic mass is 32.1. The zero-order valence-electron chi connectivity index (χ0n) is 12.6. The minimum atomic E-state index is -0.472. The van der Waals surface area contributed by atoms with Crippen LogP contribution in [0, 0.1) is 5.82 Å². The maximum atomic E-state index is 13.4. The number of likely N-dealkylation sites (N-methyl/N-ethyl adjacent to an activating group) is 1. The Morgan fingerprint density at radius 2 is 2.09 bits per heavy atom. The van der Waals surface area contributed by atoms with Gasteiger partial charge in [0.05, 0.1) is 6.04 Å². The highest BCUT2D eigenvalue weighted by Crippen LogP contribution is 2.22. The maximum Gasteiger partial charge on any atom is 0.258 e. The van der Waals surface area contributed by atoms with Crippen LogP contribution in [0.25, 0.3) is 0 Å². The second-order valence-electron chi connectivity index (χ2n) is 5.02. The fourth-order valence-electron chi connectivity index (χ4n) is 1.99. The van der Waals surface area contributed by atoms with Crippen molar-refractivity contribution < 1.29 is 13.9 Å². The number of thiophene rings is 1. The molecule has 1 heterocycles. The van der Waals surface area contributed by atoms with Gasteiger partial charge in [0.2, 0.25) is 0 Å². The molecule has 0 fully saturated rings. The van der Waals surface area contributed by atoms with Crippen LogP contribution >= 0.6 is 11.3 Å². The van der Waals surface area contributed by atoms with Crippen molar-refractivity contribution in [3.05, 3.63) is 52.5 Å². The number of halogens is 1. The lowest BCUT2D eigenvalue weighted by molar-refractivity contribution is -0.123. The molecule has 2 rings (SSSR count). The monoisotopic (exact) mass is 322 g/mol. The van der Waals surface area contributed by atoms with Gasteiger partial charge in [-0.15, -0.1) is 11.3 Å². The summed E-state index contributed by atoms with van der Waals surface area (Å²) in [4.78, 5) is 15.1. The first kappa shape index (κ1) is 16.5. The Balaban J connectivity index is 1.83. The van der Waals surface area contributed by atoms with E-state index in [-0.39, 0.29) is 24.3 Å². The summed E-state index contributed by atoms with van der Waals surface area (Å²) >= 11 is 1.65. The average Bonchev–Trinajstić information content (AvgIpc) is 3.00. The molecule has 0 bridgehead atoms. The van der Waals surface area contributed by atoms with Crippen LogP contribution in [0.2, 0.25) is 0 Å². The molecule has 1 unspecified atom stereocenters. The number of hydrogen-bond donors (Lipinski definition) is 1. The van der Waals surface area contributed by atoms with Crippen molar-refractivity contribution in [2.75, 3.05) is 27.2 Å². The molecular weight excluding hydrogens is 303 g/mol. The lowest BCUT2D eigenvalue weighted by atomic mass is 10.2. The molecule has 1 amide bonds. The number of amides is 1. The molecule has 1 aromatic heterocycles. The minimum absolute atomic E-state index is 0.0834. The van der Waals surface area contributed by atoms with Gasteiger partial charge in [0.25, 0.3) is 5.91 Å². The predicted molar refractivity (Wildman–Crippen MR) is 85.7 cm³/mol. The van der Waals surface area contributed by atoms with Crippen LogP contribution in [-0.2, 0) is 4.79 Å². The van der Waals surface area contributed by atoms with Crippen LogP contribution < -0.4 is 10.1 Å². The molecule has 1 aromatic carbocycles. The lowest BCUT2D eigenvalue weighted by Gasteiger charge is -2.23. The second-order valence-corrected chi connectivity index (χ2v) is 6.00. The molecule has 0 radical (unpaired) electrons. The third-order valence-corrected chi connectivity index (χ3v) is 4.16. The van der Waals surface area contributed by atoms with Crippen LogP contribution in [0.3, 0.4) is 0 Å². The lowest BCUT2D eigenvalue weighted by Crippen LogP contribution is -2.36. The molecule has 0 saturated carbocycles. The topological polar surface area (TPSA) is 41.6 Å². The summed E-state index contributed by atoms with van der Waals surface area (Å²) in [6.07, 6.45) is 0. The van der Waals surface area contributed by atoms with Gasteiger partial charge in [0.1, 0.15) is 0 Å². The fourth-order valence-corrected chi connectivity index (χ4v) is 2.91. The number of ether oxygens (including phenoxy) is 1. The predicted octanol–water partition coefficient (Wildman–Crippen LogP) is 2.69. The van der Waals surface area contributed by atoms with Crippen LogP contribution in [0.5, 0.6) is 5.75 Å². The van der Waals surface area contributed by atoms with Gasteiger partial charge in [-0.1, -0.05) is 18.2 Å². The van der Waals surface area contributed by atoms with Crippen molar-refractivity contribution in [2.45, 2.75) is 6.04 Å². The van der Waals surface area contributed by atoms with Crippen LogP contribution in [0.15, 0.2) is 41.8 Å². The first-order valence-corrected chi connectivity index (χ1v) is 7.79. The number of rotatable bonds is 7. The van der Waals surface area contributed by atoms with Crippen LogP contribution in [0.1, 0.15) is 10.9 Å². The van der Waals surface area contributed by atoms with Gasteiger partial charge in [-0.25, -0.2) is 4.39 Å². The molecule has 6 heteroatoms. The van der Waals surface area contributed by atoms with Gasteiger partial charge >= 0.3 is 0 Å². The Kier molecular flexibility index (Phi) is 5.91. The van der Waals surface area contributed by atoms with Crippen molar-refractivity contribution >= 4 is 17.2 Å². The summed E-state index contributed by atoms with van der Waals surface area (Å²) in [5, 5.41) is 4.83. The van der Waals surface area contributed by atoms with E-state index < -0.39 is 5.82 Å². The minimum Gasteiger partial charge on any atom is -0.481 e. The van der Waals surface area contributed by atoms with Gasteiger partial charge in [-0.3, -0.25) is 4.79 Å². The third-order valence-electron chi connectivity index (χ3n) is 3.18. The van der Waals surface area contributed by atoms with Crippen molar-refractivity contribution in [1.29, 1.82) is 0 Å². The summed E-state index contributed by atoms with van der Waals surface area (Å²) in [6.45, 7) is 0.276. The standard InChI is InChI=1S/C16H19FN2O2S/c1-19(2)13(15-8-5-9-22-15)10-18-16(20)11-21-14-7-4-3-6-12(14)17/h3-9,13H,10-11H2,1-2H3,(H,18,20). The molecule has 0 saturated heterocycles. The Morgan fingerprint density at radius 3 is 2.73 bits per heavy atom. The van der Waals surface area contributed by atoms with Gasteiger partial charge in [0, 0.05) is 11.4 Å². The van der Waals surface area contributed by atoms with Crippen molar-refractivity contribution in [3.8, 4) is 5.75 Å². The number of nitrogens with one attached hydrogen (secondary N) is 1. The van der Waals surface area contributed by atoms with E-state index in [2.05, 4.69) is 5.32 Å². The zero-order valence-corrected chi connectivity index (χ0v) is 13.4. The summed E-state index contributed by atoms with van der Waals surface area (Å²) in [6, 6.07) is 10.2. The maximum absolute atomic E-state index is 13.4. The summed E-state index contributed by atoms with van der Waals surface area (Å²) in [5.41, 5.74) is 0. The van der Waals surface area contributed by atoms with E-state index in [1.807, 2.05) is 36.5 Å². The molecule has 0 aliphatic carbocycles. The van der Waals surface area contributed by atoms with Crippen LogP contribution in [0.4, 0.5) is 4.39 Å². The Labute approximate surface area is 133 Å². The second kappa shape index (κ2) is 7.91. The molecular formula is C16H19FN2O2S. The van der Waals surface area contributed by atoms with Gasteiger partial charge in [-0.05, 0) is 37.7 Å². The van der Waals surface area contributed by atoms with Crippen molar-refractivity contribution in [1.82, 2.24) is 10.2 Å². The Bertz CT molecular complexity index is 602. The van der Waals surface area contributed by atoms with Crippen molar-refractivity contribution in [3.63, 3.8) is 0 Å². The van der Waals surface area contributed by atoms with Gasteiger partial charge < -0.3 is 15.0 Å². The molecule has 118 valence electrons. The molecule has 0 spiro atoms. The van der Waals surface area contributed by atoms with E-state index in [9.17, 15) is 9.18 Å². The van der Waals surface area contributed by atoms with E-state index in [4.69, 9.17) is 4.74 Å². The van der Waals surface area contributed by atoms with Gasteiger partial charge in [-0.2, -0.15) is 0 Å². The van der Waals surface area contributed by atoms with E-state index >= 15 is 0 Å². The van der Waals surface area contributed by atoms with Gasteiger partial charge in [0.15, 0.2) is 18.2 Å². The quantitative estimate of drug-likeness (QED) is 0.852. The normalized spacial score (nSPS) is 12.2. The molecule has 0 aliphatic rings. The van der Waals surface area contributed by atoms with E-state index in [0.717, 1.165) is 0 Å². The van der Waals surface area contributed by atoms with E-state index in [1.54, 1.807) is 23.5 Å². The van der Waals surface area contributed by atoms with E-state index in [1.165, 1.54) is 17.0 Å². The number of para-hydroxylation sites is 1. The largest absolute Gasteiger partial charge is 0.481 e. The third kappa shape index (κ3) is 4.54. The zero-order chi connectivity index (χ0) is 15.9. The highest BCUT2D eigenvalue weighted by Gasteiger charge is 2.16. The first-order chi connectivity index (χ1) is 10.6. The number of carbonyl (C=O) groups excluding carboxylic acids is 1. The molecule has 0 aliphatic heterocycles. The number of carbonyl (C=O) groups is 1. The first-order valence-electron chi connectivity index (χ1n) is 6.92. The number of benzene rings is 1. The SMILES string of the molecule is CN(C)C(CNC(=O)COc1ccccc1F)c1cccs1. The summed E-state index contributed by atoms with van der Waals surface area (Å²) < 4.78 is 18.6. The Morgan fingerprint density at radius 1 is 1.32 bits per heavy atom. The average molecular weight is 322 g/mol. The van der Waals surface area contributed by atoms with Crippen LogP contribution in [-0.4, -0.2) is 38.1 Å². The molecule has 1 N–H and O–H groups in total. The smallest absolute Gasteiger partial charge is 0.258 e. The molecule has 4 nitrogen and oxygen atoms in total. The Hall–Kier alpha value is -1.92. The fraction of sp³-hybridized carbons (Fsp3) is 0.312. The molecule has 22 heavy (non-hydrogen) atoms. The highest BCUT2D eigenvalue weighted by molar-refractivity contribution is 7.10. The summed E-state index contributed by atoms with van der Waals surface area (Å²) in [7, 11) is 3.93. The van der Waals surface area contributed by atoms with E-state index in [0.29, 0.717) is 6.54 Å². The number of nitrogens with zero attached hydrogens (tertiary/aromatic N) is 1. The number of hydrogen-bond acceptors (Lipinski definition) is 4. The summed E-state index contributed by atoms with van der Waals surface area (Å²) in [5.74, 6) is -0.660. The molecule has 2 aromatic rings.